The summed E-state index contributed by atoms with van der Waals surface area (Å²) in [5.74, 6) is 0.230. The molecule has 0 unspecified atom stereocenters. The molecule has 0 aliphatic heterocycles. The van der Waals surface area contributed by atoms with Crippen LogP contribution in [0.5, 0.6) is 0 Å². The van der Waals surface area contributed by atoms with E-state index in [1.807, 2.05) is 43.3 Å². The fourth-order valence-electron chi connectivity index (χ4n) is 4.30. The zero-order valence-electron chi connectivity index (χ0n) is 22.2. The van der Waals surface area contributed by atoms with E-state index in [0.29, 0.717) is 41.0 Å². The second kappa shape index (κ2) is 12.1. The molecule has 0 aliphatic carbocycles. The number of hydrogen-bond donors (Lipinski definition) is 1. The quantitative estimate of drug-likeness (QED) is 0.284. The van der Waals surface area contributed by atoms with Gasteiger partial charge in [-0.15, -0.1) is 0 Å². The van der Waals surface area contributed by atoms with Gasteiger partial charge in [-0.25, -0.2) is 13.4 Å². The first-order valence-electron chi connectivity index (χ1n) is 12.6. The average molecular weight is 546 g/mol. The predicted molar refractivity (Wildman–Crippen MR) is 150 cm³/mol. The number of ether oxygens (including phenoxy) is 1. The molecule has 3 aromatic carbocycles. The first kappa shape index (κ1) is 27.8. The first-order valence-corrected chi connectivity index (χ1v) is 14.1. The number of imidazole rings is 1. The highest BCUT2D eigenvalue weighted by atomic mass is 32.2. The van der Waals surface area contributed by atoms with Crippen LogP contribution < -0.4 is 4.72 Å². The fourth-order valence-corrected chi connectivity index (χ4v) is 5.62. The van der Waals surface area contributed by atoms with Crippen LogP contribution in [-0.4, -0.2) is 56.1 Å². The van der Waals surface area contributed by atoms with Gasteiger partial charge in [0.05, 0.1) is 39.9 Å². The van der Waals surface area contributed by atoms with Crippen LogP contribution in [0.15, 0.2) is 71.6 Å². The van der Waals surface area contributed by atoms with Gasteiger partial charge in [-0.1, -0.05) is 30.3 Å². The summed E-state index contributed by atoms with van der Waals surface area (Å²) in [5, 5.41) is 9.08. The first-order chi connectivity index (χ1) is 18.7. The van der Waals surface area contributed by atoms with Crippen LogP contribution in [0.4, 0.5) is 5.69 Å². The lowest BCUT2D eigenvalue weighted by atomic mass is 10.1. The van der Waals surface area contributed by atoms with Crippen molar-refractivity contribution in [2.75, 3.05) is 32.0 Å². The Morgan fingerprint density at radius 1 is 1.10 bits per heavy atom. The van der Waals surface area contributed by atoms with Crippen LogP contribution in [0.3, 0.4) is 0 Å². The summed E-state index contributed by atoms with van der Waals surface area (Å²) in [5.41, 5.74) is 3.81. The van der Waals surface area contributed by atoms with E-state index in [0.717, 1.165) is 17.7 Å². The molecule has 4 aromatic rings. The molecule has 0 fully saturated rings. The van der Waals surface area contributed by atoms with Crippen LogP contribution in [-0.2, 0) is 38.9 Å². The standard InChI is InChI=1S/C29H31N5O4S/c1-4-38-29(35)20-34-26-14-13-24(18-25(26)31-28(34)17-21-9-11-22(19-30)12-10-21)32-39(36,37)27-8-6-5-7-23(27)15-16-33(2)3/h5-14,18,32H,4,15-17,20H2,1-3H3. The second-order valence-electron chi connectivity index (χ2n) is 9.37. The number of aromatic nitrogens is 2. The molecule has 1 heterocycles. The second-order valence-corrected chi connectivity index (χ2v) is 11.0. The van der Waals surface area contributed by atoms with Crippen molar-refractivity contribution in [3.05, 3.63) is 89.2 Å². The molecule has 1 aromatic heterocycles. The van der Waals surface area contributed by atoms with E-state index in [9.17, 15) is 13.2 Å². The van der Waals surface area contributed by atoms with Crippen molar-refractivity contribution in [3.8, 4) is 6.07 Å². The van der Waals surface area contributed by atoms with Crippen LogP contribution in [0.25, 0.3) is 11.0 Å². The molecule has 0 saturated heterocycles. The number of hydrogen-bond acceptors (Lipinski definition) is 7. The predicted octanol–water partition coefficient (Wildman–Crippen LogP) is 3.97. The van der Waals surface area contributed by atoms with Gasteiger partial charge in [-0.05, 0) is 75.0 Å². The van der Waals surface area contributed by atoms with Gasteiger partial charge in [0.15, 0.2) is 0 Å². The van der Waals surface area contributed by atoms with Crippen molar-refractivity contribution in [2.45, 2.75) is 31.2 Å². The summed E-state index contributed by atoms with van der Waals surface area (Å²) >= 11 is 0. The minimum Gasteiger partial charge on any atom is -0.465 e. The highest BCUT2D eigenvalue weighted by Gasteiger charge is 2.20. The van der Waals surface area contributed by atoms with E-state index < -0.39 is 16.0 Å². The number of nitriles is 1. The molecule has 10 heteroatoms. The van der Waals surface area contributed by atoms with Gasteiger partial charge >= 0.3 is 5.97 Å². The molecule has 0 saturated carbocycles. The van der Waals surface area contributed by atoms with Gasteiger partial charge in [-0.2, -0.15) is 5.26 Å². The normalized spacial score (nSPS) is 11.5. The Labute approximate surface area is 228 Å². The minimum absolute atomic E-state index is 0.0275. The third kappa shape index (κ3) is 6.82. The lowest BCUT2D eigenvalue weighted by molar-refractivity contribution is -0.143. The molecule has 4 rings (SSSR count). The number of carbonyl (C=O) groups is 1. The third-order valence-electron chi connectivity index (χ3n) is 6.21. The van der Waals surface area contributed by atoms with E-state index >= 15 is 0 Å². The maximum Gasteiger partial charge on any atom is 0.326 e. The largest absolute Gasteiger partial charge is 0.465 e. The smallest absolute Gasteiger partial charge is 0.326 e. The van der Waals surface area contributed by atoms with E-state index in [-0.39, 0.29) is 18.0 Å². The average Bonchev–Trinajstić information content (AvgIpc) is 3.23. The van der Waals surface area contributed by atoms with E-state index in [2.05, 4.69) is 10.8 Å². The van der Waals surface area contributed by atoms with Gasteiger partial charge < -0.3 is 14.2 Å². The summed E-state index contributed by atoms with van der Waals surface area (Å²) in [6.45, 7) is 2.70. The fraction of sp³-hybridized carbons (Fsp3) is 0.276. The molecule has 0 spiro atoms. The molecule has 39 heavy (non-hydrogen) atoms. The van der Waals surface area contributed by atoms with Gasteiger partial charge in [0.1, 0.15) is 12.4 Å². The van der Waals surface area contributed by atoms with Crippen molar-refractivity contribution in [1.82, 2.24) is 14.5 Å². The Hall–Kier alpha value is -4.20. The maximum absolute atomic E-state index is 13.4. The van der Waals surface area contributed by atoms with Crippen molar-refractivity contribution in [1.29, 1.82) is 5.26 Å². The SMILES string of the molecule is CCOC(=O)Cn1c(Cc2ccc(C#N)cc2)nc2cc(NS(=O)(=O)c3ccccc3CCN(C)C)ccc21. The molecule has 202 valence electrons. The number of carbonyl (C=O) groups excluding carboxylic acids is 1. The number of benzene rings is 3. The van der Waals surface area contributed by atoms with Crippen LogP contribution >= 0.6 is 0 Å². The number of nitrogens with one attached hydrogen (secondary N) is 1. The summed E-state index contributed by atoms with van der Waals surface area (Å²) in [4.78, 5) is 19.4. The topological polar surface area (TPSA) is 117 Å². The summed E-state index contributed by atoms with van der Waals surface area (Å²) < 4.78 is 36.3. The molecule has 0 amide bonds. The number of sulfonamides is 1. The lowest BCUT2D eigenvalue weighted by Gasteiger charge is -2.14. The zero-order chi connectivity index (χ0) is 28.0. The summed E-state index contributed by atoms with van der Waals surface area (Å²) in [6, 6.07) is 21.3. The number of nitrogens with zero attached hydrogens (tertiary/aromatic N) is 4. The van der Waals surface area contributed by atoms with E-state index in [1.165, 1.54) is 0 Å². The molecule has 0 bridgehead atoms. The van der Waals surface area contributed by atoms with Gasteiger partial charge in [0, 0.05) is 13.0 Å². The summed E-state index contributed by atoms with van der Waals surface area (Å²) in [6.07, 6.45) is 1.01. The van der Waals surface area contributed by atoms with Gasteiger partial charge in [0.25, 0.3) is 10.0 Å². The Bertz CT molecular complexity index is 1620. The Balaban J connectivity index is 1.67. The highest BCUT2D eigenvalue weighted by molar-refractivity contribution is 7.92. The Morgan fingerprint density at radius 3 is 2.54 bits per heavy atom. The van der Waals surface area contributed by atoms with E-state index in [4.69, 9.17) is 15.0 Å². The van der Waals surface area contributed by atoms with Gasteiger partial charge in [0.2, 0.25) is 0 Å². The third-order valence-corrected chi connectivity index (χ3v) is 7.69. The van der Waals surface area contributed by atoms with Crippen molar-refractivity contribution in [3.63, 3.8) is 0 Å². The van der Waals surface area contributed by atoms with E-state index in [1.54, 1.807) is 54.0 Å². The monoisotopic (exact) mass is 545 g/mol. The summed E-state index contributed by atoms with van der Waals surface area (Å²) in [7, 11) is 0.0425. The lowest BCUT2D eigenvalue weighted by Crippen LogP contribution is -2.19. The Morgan fingerprint density at radius 2 is 1.85 bits per heavy atom. The molecule has 0 atom stereocenters. The van der Waals surface area contributed by atoms with Crippen LogP contribution in [0.1, 0.15) is 29.4 Å². The molecule has 1 N–H and O–H groups in total. The highest BCUT2D eigenvalue weighted by Crippen LogP contribution is 2.26. The van der Waals surface area contributed by atoms with Gasteiger partial charge in [-0.3, -0.25) is 9.52 Å². The number of anilines is 1. The number of esters is 1. The zero-order valence-corrected chi connectivity index (χ0v) is 23.0. The number of fused-ring (bicyclic) bond motifs is 1. The number of likely N-dealkylation sites (N-methyl/N-ethyl adjacent to an activating group) is 1. The van der Waals surface area contributed by atoms with Crippen LogP contribution in [0.2, 0.25) is 0 Å². The minimum atomic E-state index is -3.85. The number of rotatable bonds is 11. The molecule has 0 aliphatic rings. The van der Waals surface area contributed by atoms with Crippen molar-refractivity contribution < 1.29 is 17.9 Å². The molecule has 0 radical (unpaired) electrons. The maximum atomic E-state index is 13.4. The molecular weight excluding hydrogens is 514 g/mol. The molecule has 9 nitrogen and oxygen atoms in total. The van der Waals surface area contributed by atoms with Crippen molar-refractivity contribution in [2.24, 2.45) is 0 Å². The Kier molecular flexibility index (Phi) is 8.64. The molecular formula is C29H31N5O4S. The van der Waals surface area contributed by atoms with Crippen LogP contribution in [0, 0.1) is 11.3 Å². The van der Waals surface area contributed by atoms with Crippen molar-refractivity contribution >= 4 is 32.7 Å².